The van der Waals surface area contributed by atoms with E-state index in [0.717, 1.165) is 26.8 Å². The van der Waals surface area contributed by atoms with E-state index in [-0.39, 0.29) is 23.2 Å². The summed E-state index contributed by atoms with van der Waals surface area (Å²) < 4.78 is 26.1. The summed E-state index contributed by atoms with van der Waals surface area (Å²) in [7, 11) is -2.27. The van der Waals surface area contributed by atoms with Crippen molar-refractivity contribution in [2.45, 2.75) is 17.7 Å². The van der Waals surface area contributed by atoms with Crippen LogP contribution < -0.4 is 0 Å². The molecule has 0 bridgehead atoms. The normalized spacial score (nSPS) is 11.3. The molecule has 0 aliphatic heterocycles. The van der Waals surface area contributed by atoms with E-state index in [1.165, 1.54) is 18.0 Å². The average molecular weight is 377 g/mol. The van der Waals surface area contributed by atoms with Crippen LogP contribution in [0.2, 0.25) is 0 Å². The lowest BCUT2D eigenvalue weighted by Gasteiger charge is -2.23. The monoisotopic (exact) mass is 376 g/mol. The highest BCUT2D eigenvalue weighted by atomic mass is 32.2. The first kappa shape index (κ1) is 19.2. The lowest BCUT2D eigenvalue weighted by Crippen LogP contribution is -2.40. The van der Waals surface area contributed by atoms with Crippen molar-refractivity contribution in [1.29, 1.82) is 0 Å². The summed E-state index contributed by atoms with van der Waals surface area (Å²) in [6.45, 7) is 2.20. The number of terminal acetylenes is 1. The lowest BCUT2D eigenvalue weighted by atomic mass is 10.1. The van der Waals surface area contributed by atoms with Gasteiger partial charge in [0, 0.05) is 13.6 Å². The molecule has 25 heavy (non-hydrogen) atoms. The minimum absolute atomic E-state index is 0.125. The molecular formula is C18H20N2O3S2. The van der Waals surface area contributed by atoms with Gasteiger partial charge in [0.25, 0.3) is 10.0 Å². The Balaban J connectivity index is 2.09. The molecule has 7 heteroatoms. The van der Waals surface area contributed by atoms with Crippen LogP contribution in [0.15, 0.2) is 46.0 Å². The number of amides is 1. The van der Waals surface area contributed by atoms with Crippen LogP contribution in [0.5, 0.6) is 0 Å². The van der Waals surface area contributed by atoms with Gasteiger partial charge in [-0.25, -0.2) is 8.42 Å². The number of benzene rings is 1. The molecule has 2 aromatic rings. The standard InChI is InChI=1S/C18H20N2O3S2/c1-4-11-20(13-16-9-7-15(2)8-10-16)17(21)14-19(3)25(22,23)18-6-5-12-24-18/h1,5-10,12H,11,13-14H2,2-3H3. The number of rotatable bonds is 7. The van der Waals surface area contributed by atoms with E-state index >= 15 is 0 Å². The number of carbonyl (C=O) groups is 1. The van der Waals surface area contributed by atoms with Crippen molar-refractivity contribution >= 4 is 27.3 Å². The van der Waals surface area contributed by atoms with Crippen molar-refractivity contribution in [2.75, 3.05) is 20.1 Å². The van der Waals surface area contributed by atoms with Gasteiger partial charge in [-0.3, -0.25) is 4.79 Å². The molecule has 0 unspecified atom stereocenters. The van der Waals surface area contributed by atoms with Crippen LogP contribution in [0.4, 0.5) is 0 Å². The van der Waals surface area contributed by atoms with Crippen molar-refractivity contribution < 1.29 is 13.2 Å². The van der Waals surface area contributed by atoms with E-state index in [2.05, 4.69) is 5.92 Å². The summed E-state index contributed by atoms with van der Waals surface area (Å²) in [6, 6.07) is 11.0. The van der Waals surface area contributed by atoms with Gasteiger partial charge in [-0.05, 0) is 23.9 Å². The minimum Gasteiger partial charge on any atom is -0.326 e. The second-order valence-electron chi connectivity index (χ2n) is 5.63. The smallest absolute Gasteiger partial charge is 0.252 e. The highest BCUT2D eigenvalue weighted by Gasteiger charge is 2.25. The number of hydrogen-bond donors (Lipinski definition) is 0. The van der Waals surface area contributed by atoms with Crippen LogP contribution in [-0.4, -0.2) is 43.7 Å². The highest BCUT2D eigenvalue weighted by Crippen LogP contribution is 2.19. The first-order valence-electron chi connectivity index (χ1n) is 7.61. The fourth-order valence-electron chi connectivity index (χ4n) is 2.20. The van der Waals surface area contributed by atoms with Gasteiger partial charge in [0.1, 0.15) is 4.21 Å². The van der Waals surface area contributed by atoms with Crippen LogP contribution in [0.25, 0.3) is 0 Å². The Morgan fingerprint density at radius 3 is 2.48 bits per heavy atom. The van der Waals surface area contributed by atoms with Gasteiger partial charge in [0.15, 0.2) is 0 Å². The molecule has 0 N–H and O–H groups in total. The Hall–Kier alpha value is -2.14. The van der Waals surface area contributed by atoms with E-state index < -0.39 is 10.0 Å². The van der Waals surface area contributed by atoms with E-state index in [1.54, 1.807) is 11.4 Å². The van der Waals surface area contributed by atoms with Gasteiger partial charge in [-0.1, -0.05) is 41.8 Å². The van der Waals surface area contributed by atoms with Gasteiger partial charge in [-0.15, -0.1) is 17.8 Å². The number of sulfonamides is 1. The van der Waals surface area contributed by atoms with E-state index in [9.17, 15) is 13.2 Å². The number of nitrogens with zero attached hydrogens (tertiary/aromatic N) is 2. The zero-order chi connectivity index (χ0) is 18.4. The molecule has 0 saturated carbocycles. The Morgan fingerprint density at radius 2 is 1.92 bits per heavy atom. The summed E-state index contributed by atoms with van der Waals surface area (Å²) >= 11 is 1.12. The maximum Gasteiger partial charge on any atom is 0.252 e. The largest absolute Gasteiger partial charge is 0.326 e. The fraction of sp³-hybridized carbons (Fsp3) is 0.278. The number of aryl methyl sites for hydroxylation is 1. The van der Waals surface area contributed by atoms with Crippen molar-refractivity contribution in [2.24, 2.45) is 0 Å². The van der Waals surface area contributed by atoms with Gasteiger partial charge in [-0.2, -0.15) is 4.31 Å². The zero-order valence-corrected chi connectivity index (χ0v) is 15.8. The molecule has 0 radical (unpaired) electrons. The first-order valence-corrected chi connectivity index (χ1v) is 9.93. The predicted octanol–water partition coefficient (Wildman–Crippen LogP) is 2.34. The third-order valence-electron chi connectivity index (χ3n) is 3.65. The van der Waals surface area contributed by atoms with Gasteiger partial charge < -0.3 is 4.90 Å². The van der Waals surface area contributed by atoms with E-state index in [4.69, 9.17) is 6.42 Å². The zero-order valence-electron chi connectivity index (χ0n) is 14.2. The first-order chi connectivity index (χ1) is 11.8. The molecule has 5 nitrogen and oxygen atoms in total. The Labute approximate surface area is 152 Å². The summed E-state index contributed by atoms with van der Waals surface area (Å²) in [6.07, 6.45) is 5.36. The van der Waals surface area contributed by atoms with Crippen LogP contribution in [0.3, 0.4) is 0 Å². The van der Waals surface area contributed by atoms with Crippen molar-refractivity contribution in [3.63, 3.8) is 0 Å². The predicted molar refractivity (Wildman–Crippen MR) is 99.6 cm³/mol. The molecular weight excluding hydrogens is 356 g/mol. The average Bonchev–Trinajstić information content (AvgIpc) is 3.11. The fourth-order valence-corrected chi connectivity index (χ4v) is 4.52. The number of hydrogen-bond acceptors (Lipinski definition) is 4. The lowest BCUT2D eigenvalue weighted by molar-refractivity contribution is -0.131. The number of thiophene rings is 1. The van der Waals surface area contributed by atoms with E-state index in [1.807, 2.05) is 31.2 Å². The molecule has 1 aromatic carbocycles. The molecule has 132 valence electrons. The third-order valence-corrected chi connectivity index (χ3v) is 6.82. The van der Waals surface area contributed by atoms with Gasteiger partial charge in [0.2, 0.25) is 5.91 Å². The molecule has 1 amide bonds. The molecule has 0 aliphatic carbocycles. The molecule has 0 saturated heterocycles. The maximum atomic E-state index is 12.6. The van der Waals surface area contributed by atoms with Crippen molar-refractivity contribution in [3.05, 3.63) is 52.9 Å². The highest BCUT2D eigenvalue weighted by molar-refractivity contribution is 7.91. The summed E-state index contributed by atoms with van der Waals surface area (Å²) in [5.41, 5.74) is 2.07. The van der Waals surface area contributed by atoms with Gasteiger partial charge >= 0.3 is 0 Å². The topological polar surface area (TPSA) is 57.7 Å². The minimum atomic E-state index is -3.66. The van der Waals surface area contributed by atoms with Crippen LogP contribution in [0, 0.1) is 19.3 Å². The second-order valence-corrected chi connectivity index (χ2v) is 8.85. The molecule has 1 heterocycles. The Morgan fingerprint density at radius 1 is 1.24 bits per heavy atom. The van der Waals surface area contributed by atoms with Crippen LogP contribution in [-0.2, 0) is 21.4 Å². The molecule has 0 spiro atoms. The molecule has 2 rings (SSSR count). The van der Waals surface area contributed by atoms with Crippen LogP contribution >= 0.6 is 11.3 Å². The van der Waals surface area contributed by atoms with Crippen molar-refractivity contribution in [3.8, 4) is 12.3 Å². The molecule has 1 aromatic heterocycles. The second kappa shape index (κ2) is 8.30. The maximum absolute atomic E-state index is 12.6. The number of carbonyl (C=O) groups excluding carboxylic acids is 1. The van der Waals surface area contributed by atoms with Crippen LogP contribution in [0.1, 0.15) is 11.1 Å². The quantitative estimate of drug-likeness (QED) is 0.697. The Kier molecular flexibility index (Phi) is 6.37. The van der Waals surface area contributed by atoms with Crippen molar-refractivity contribution in [1.82, 2.24) is 9.21 Å². The summed E-state index contributed by atoms with van der Waals surface area (Å²) in [5.74, 6) is 2.13. The molecule has 0 atom stereocenters. The molecule has 0 aliphatic rings. The third kappa shape index (κ3) is 4.92. The Bertz CT molecular complexity index is 851. The summed E-state index contributed by atoms with van der Waals surface area (Å²) in [5, 5.41) is 1.69. The van der Waals surface area contributed by atoms with E-state index in [0.29, 0.717) is 6.54 Å². The summed E-state index contributed by atoms with van der Waals surface area (Å²) in [4.78, 5) is 14.0. The molecule has 0 fully saturated rings. The number of likely N-dealkylation sites (N-methyl/N-ethyl adjacent to an activating group) is 1. The SMILES string of the molecule is C#CCN(Cc1ccc(C)cc1)C(=O)CN(C)S(=O)(=O)c1cccs1. The van der Waals surface area contributed by atoms with Gasteiger partial charge in [0.05, 0.1) is 13.1 Å².